The minimum absolute atomic E-state index is 0.0347. The smallest absolute Gasteiger partial charge is 0.251 e. The Kier molecular flexibility index (Phi) is 7.97. The van der Waals surface area contributed by atoms with Crippen molar-refractivity contribution in [3.63, 3.8) is 0 Å². The topological polar surface area (TPSA) is 105 Å². The van der Waals surface area contributed by atoms with Crippen molar-refractivity contribution in [2.45, 2.75) is 39.4 Å². The third-order valence-corrected chi connectivity index (χ3v) is 6.29. The Morgan fingerprint density at radius 1 is 1.11 bits per heavy atom. The highest BCUT2D eigenvalue weighted by molar-refractivity contribution is 7.89. The van der Waals surface area contributed by atoms with Crippen LogP contribution in [0.15, 0.2) is 24.3 Å². The molecule has 8 nitrogen and oxygen atoms in total. The molecule has 1 aliphatic rings. The number of carbonyl (C=O) groups excluding carboxylic acids is 2. The van der Waals surface area contributed by atoms with Crippen LogP contribution in [0.2, 0.25) is 0 Å². The van der Waals surface area contributed by atoms with Crippen LogP contribution in [0.4, 0.5) is 0 Å². The first-order valence-electron chi connectivity index (χ1n) is 9.43. The van der Waals surface area contributed by atoms with Gasteiger partial charge in [-0.2, -0.15) is 4.31 Å². The van der Waals surface area contributed by atoms with Gasteiger partial charge in [-0.3, -0.25) is 9.59 Å². The normalized spacial score (nSPS) is 20.5. The van der Waals surface area contributed by atoms with E-state index in [1.54, 1.807) is 12.1 Å². The lowest BCUT2D eigenvalue weighted by Gasteiger charge is -2.34. The van der Waals surface area contributed by atoms with E-state index in [1.165, 1.54) is 4.31 Å². The average Bonchev–Trinajstić information content (AvgIpc) is 2.61. The molecule has 2 amide bonds. The Hall–Kier alpha value is -1.97. The molecule has 1 saturated heterocycles. The monoisotopic (exact) mass is 411 g/mol. The fourth-order valence-corrected chi connectivity index (χ4v) is 4.60. The number of nitrogens with one attached hydrogen (secondary N) is 2. The summed E-state index contributed by atoms with van der Waals surface area (Å²) >= 11 is 0. The van der Waals surface area contributed by atoms with E-state index >= 15 is 0 Å². The minimum atomic E-state index is -3.45. The van der Waals surface area contributed by atoms with Gasteiger partial charge in [0.05, 0.1) is 18.0 Å². The van der Waals surface area contributed by atoms with Gasteiger partial charge in [0.15, 0.2) is 0 Å². The molecule has 0 bridgehead atoms. The van der Waals surface area contributed by atoms with Crippen molar-refractivity contribution in [1.29, 1.82) is 0 Å². The molecule has 0 aliphatic carbocycles. The van der Waals surface area contributed by atoms with Crippen LogP contribution < -0.4 is 10.6 Å². The second-order valence-electron chi connectivity index (χ2n) is 7.06. The number of morpholine rings is 1. The molecule has 28 heavy (non-hydrogen) atoms. The summed E-state index contributed by atoms with van der Waals surface area (Å²) in [4.78, 5) is 24.0. The maximum atomic E-state index is 12.4. The number of ether oxygens (including phenoxy) is 1. The molecule has 0 saturated carbocycles. The first-order chi connectivity index (χ1) is 13.2. The molecule has 2 unspecified atom stereocenters. The Balaban J connectivity index is 1.69. The van der Waals surface area contributed by atoms with E-state index in [1.807, 2.05) is 32.9 Å². The van der Waals surface area contributed by atoms with Gasteiger partial charge in [0.1, 0.15) is 0 Å². The van der Waals surface area contributed by atoms with Crippen molar-refractivity contribution in [2.24, 2.45) is 0 Å². The number of nitrogens with zero attached hydrogens (tertiary/aromatic N) is 1. The number of hydrogen-bond acceptors (Lipinski definition) is 5. The molecule has 0 spiro atoms. The van der Waals surface area contributed by atoms with Crippen LogP contribution in [-0.4, -0.2) is 68.7 Å². The van der Waals surface area contributed by atoms with Gasteiger partial charge in [0.25, 0.3) is 5.91 Å². The molecule has 1 aromatic carbocycles. The van der Waals surface area contributed by atoms with Gasteiger partial charge in [0.2, 0.25) is 15.9 Å². The number of aryl methyl sites for hydroxylation is 1. The molecular formula is C19H29N3O5S. The van der Waals surface area contributed by atoms with Crippen LogP contribution in [0.3, 0.4) is 0 Å². The molecular weight excluding hydrogens is 382 g/mol. The quantitative estimate of drug-likeness (QED) is 0.654. The summed E-state index contributed by atoms with van der Waals surface area (Å²) in [5, 5.41) is 5.30. The van der Waals surface area contributed by atoms with E-state index < -0.39 is 10.0 Å². The van der Waals surface area contributed by atoms with Crippen LogP contribution in [0.5, 0.6) is 0 Å². The molecule has 156 valence electrons. The molecule has 0 radical (unpaired) electrons. The van der Waals surface area contributed by atoms with Crippen LogP contribution in [0.1, 0.15) is 36.2 Å². The second-order valence-corrected chi connectivity index (χ2v) is 9.15. The lowest BCUT2D eigenvalue weighted by Crippen LogP contribution is -2.49. The molecule has 1 aromatic rings. The number of sulfonamides is 1. The summed E-state index contributed by atoms with van der Waals surface area (Å²) in [6.45, 7) is 6.39. The second kappa shape index (κ2) is 9.99. The lowest BCUT2D eigenvalue weighted by atomic mass is 10.1. The van der Waals surface area contributed by atoms with Crippen molar-refractivity contribution in [3.05, 3.63) is 35.4 Å². The summed E-state index contributed by atoms with van der Waals surface area (Å²) in [7, 11) is -3.45. The van der Waals surface area contributed by atoms with Crippen LogP contribution in [-0.2, 0) is 19.6 Å². The van der Waals surface area contributed by atoms with E-state index in [-0.39, 0.29) is 49.3 Å². The largest absolute Gasteiger partial charge is 0.373 e. The highest BCUT2D eigenvalue weighted by Gasteiger charge is 2.30. The van der Waals surface area contributed by atoms with Crippen molar-refractivity contribution in [2.75, 3.05) is 31.9 Å². The molecule has 9 heteroatoms. The van der Waals surface area contributed by atoms with E-state index in [9.17, 15) is 18.0 Å². The molecule has 1 aliphatic heterocycles. The van der Waals surface area contributed by atoms with Gasteiger partial charge < -0.3 is 15.4 Å². The highest BCUT2D eigenvalue weighted by Crippen LogP contribution is 2.14. The summed E-state index contributed by atoms with van der Waals surface area (Å²) in [5.74, 6) is -0.693. The summed E-state index contributed by atoms with van der Waals surface area (Å²) in [6, 6.07) is 7.21. The van der Waals surface area contributed by atoms with Gasteiger partial charge in [-0.25, -0.2) is 8.42 Å². The number of carbonyl (C=O) groups is 2. The SMILES string of the molecule is Cc1ccccc1C(=O)NCCC(=O)NCCS(=O)(=O)N1CC(C)OC(C)C1. The van der Waals surface area contributed by atoms with Crippen LogP contribution in [0, 0.1) is 6.92 Å². The summed E-state index contributed by atoms with van der Waals surface area (Å²) < 4.78 is 31.8. The Morgan fingerprint density at radius 3 is 2.39 bits per heavy atom. The van der Waals surface area contributed by atoms with E-state index in [4.69, 9.17) is 4.74 Å². The van der Waals surface area contributed by atoms with E-state index in [0.29, 0.717) is 18.7 Å². The van der Waals surface area contributed by atoms with Crippen molar-refractivity contribution in [3.8, 4) is 0 Å². The Labute approximate surface area is 166 Å². The third-order valence-electron chi connectivity index (χ3n) is 4.49. The van der Waals surface area contributed by atoms with E-state index in [0.717, 1.165) is 5.56 Å². The zero-order valence-electron chi connectivity index (χ0n) is 16.6. The predicted molar refractivity (Wildman–Crippen MR) is 107 cm³/mol. The van der Waals surface area contributed by atoms with Crippen molar-refractivity contribution in [1.82, 2.24) is 14.9 Å². The number of rotatable bonds is 8. The first kappa shape index (κ1) is 22.3. The maximum absolute atomic E-state index is 12.4. The van der Waals surface area contributed by atoms with Crippen LogP contribution >= 0.6 is 0 Å². The Morgan fingerprint density at radius 2 is 1.75 bits per heavy atom. The first-order valence-corrected chi connectivity index (χ1v) is 11.0. The van der Waals surface area contributed by atoms with Crippen molar-refractivity contribution < 1.29 is 22.7 Å². The van der Waals surface area contributed by atoms with E-state index in [2.05, 4.69) is 10.6 Å². The van der Waals surface area contributed by atoms with Gasteiger partial charge in [-0.15, -0.1) is 0 Å². The maximum Gasteiger partial charge on any atom is 0.251 e. The molecule has 2 rings (SSSR count). The van der Waals surface area contributed by atoms with Gasteiger partial charge in [0, 0.05) is 38.2 Å². The minimum Gasteiger partial charge on any atom is -0.373 e. The highest BCUT2D eigenvalue weighted by atomic mass is 32.2. The predicted octanol–water partition coefficient (Wildman–Crippen LogP) is 0.670. The molecule has 2 atom stereocenters. The standard InChI is InChI=1S/C19H29N3O5S/c1-14-6-4-5-7-17(14)19(24)21-9-8-18(23)20-10-11-28(25,26)22-12-15(2)27-16(3)13-22/h4-7,15-16H,8-13H2,1-3H3,(H,20,23)(H,21,24). The molecule has 0 aromatic heterocycles. The molecule has 1 heterocycles. The average molecular weight is 412 g/mol. The zero-order chi connectivity index (χ0) is 20.7. The third kappa shape index (κ3) is 6.57. The van der Waals surface area contributed by atoms with Gasteiger partial charge in [-0.1, -0.05) is 18.2 Å². The van der Waals surface area contributed by atoms with Gasteiger partial charge in [-0.05, 0) is 32.4 Å². The van der Waals surface area contributed by atoms with Crippen LogP contribution in [0.25, 0.3) is 0 Å². The lowest BCUT2D eigenvalue weighted by molar-refractivity contribution is -0.120. The van der Waals surface area contributed by atoms with Gasteiger partial charge >= 0.3 is 0 Å². The zero-order valence-corrected chi connectivity index (χ0v) is 17.4. The fraction of sp³-hybridized carbons (Fsp3) is 0.579. The summed E-state index contributed by atoms with van der Waals surface area (Å²) in [6.07, 6.45) is -0.210. The number of benzene rings is 1. The molecule has 1 fully saturated rings. The fourth-order valence-electron chi connectivity index (χ4n) is 3.11. The molecule has 2 N–H and O–H groups in total. The number of amides is 2. The Bertz CT molecular complexity index is 787. The number of hydrogen-bond donors (Lipinski definition) is 2. The van der Waals surface area contributed by atoms with Crippen molar-refractivity contribution >= 4 is 21.8 Å². The summed E-state index contributed by atoms with van der Waals surface area (Å²) in [5.41, 5.74) is 1.43.